The zero-order valence-corrected chi connectivity index (χ0v) is 16.9. The minimum absolute atomic E-state index is 0.0645. The number of aryl methyl sites for hydroxylation is 2. The Labute approximate surface area is 173 Å². The molecule has 2 aromatic carbocycles. The van der Waals surface area contributed by atoms with Gasteiger partial charge in [-0.05, 0) is 61.7 Å². The number of amides is 1. The summed E-state index contributed by atoms with van der Waals surface area (Å²) in [5.74, 6) is 0.156. The van der Waals surface area contributed by atoms with Crippen LogP contribution in [-0.2, 0) is 11.2 Å². The molecule has 0 aliphatic carbocycles. The second-order valence-corrected chi connectivity index (χ2v) is 7.20. The van der Waals surface area contributed by atoms with E-state index in [2.05, 4.69) is 15.3 Å². The number of aromatic amines is 1. The van der Waals surface area contributed by atoms with Gasteiger partial charge in [-0.3, -0.25) is 4.79 Å². The van der Waals surface area contributed by atoms with Gasteiger partial charge < -0.3 is 19.6 Å². The van der Waals surface area contributed by atoms with Gasteiger partial charge in [0, 0.05) is 35.7 Å². The number of ether oxygens (including phenoxy) is 1. The summed E-state index contributed by atoms with van der Waals surface area (Å²) in [6.07, 6.45) is 5.90. The van der Waals surface area contributed by atoms with E-state index < -0.39 is 0 Å². The molecule has 0 bridgehead atoms. The van der Waals surface area contributed by atoms with E-state index in [1.54, 1.807) is 18.6 Å². The molecule has 30 heavy (non-hydrogen) atoms. The number of nitrogens with zero attached hydrogens (tertiary/aromatic N) is 2. The number of halogens is 1. The molecular weight excluding hydrogens is 383 g/mol. The van der Waals surface area contributed by atoms with Gasteiger partial charge in [-0.25, -0.2) is 9.37 Å². The van der Waals surface area contributed by atoms with Crippen molar-refractivity contribution in [2.75, 3.05) is 13.2 Å². The molecule has 2 heterocycles. The van der Waals surface area contributed by atoms with Gasteiger partial charge in [-0.1, -0.05) is 6.07 Å². The minimum Gasteiger partial charge on any atom is -0.484 e. The first kappa shape index (κ1) is 19.7. The average Bonchev–Trinajstić information content (AvgIpc) is 3.39. The Hall–Kier alpha value is -3.61. The van der Waals surface area contributed by atoms with Crippen LogP contribution in [0.2, 0.25) is 0 Å². The molecule has 0 radical (unpaired) electrons. The molecule has 2 N–H and O–H groups in total. The molecule has 6 nitrogen and oxygen atoms in total. The van der Waals surface area contributed by atoms with Crippen LogP contribution in [0, 0.1) is 19.7 Å². The summed E-state index contributed by atoms with van der Waals surface area (Å²) >= 11 is 0. The lowest BCUT2D eigenvalue weighted by Crippen LogP contribution is -2.30. The standard InChI is InChI=1S/C23H23FN4O2/c1-15-3-8-20(24)23-22(15)19(16(2)27-23)9-10-26-21(29)13-30-18-6-4-17(5-7-18)28-12-11-25-14-28/h3-8,11-12,14,27H,9-10,13H2,1-2H3,(H,26,29). The number of fused-ring (bicyclic) bond motifs is 1. The maximum atomic E-state index is 14.1. The highest BCUT2D eigenvalue weighted by Crippen LogP contribution is 2.27. The molecule has 0 spiro atoms. The number of imidazole rings is 1. The molecule has 4 rings (SSSR count). The van der Waals surface area contributed by atoms with Gasteiger partial charge in [-0.15, -0.1) is 0 Å². The summed E-state index contributed by atoms with van der Waals surface area (Å²) in [6, 6.07) is 10.7. The molecule has 2 aromatic heterocycles. The number of aromatic nitrogens is 3. The third-order valence-electron chi connectivity index (χ3n) is 5.14. The van der Waals surface area contributed by atoms with Crippen LogP contribution in [-0.4, -0.2) is 33.6 Å². The monoisotopic (exact) mass is 406 g/mol. The Morgan fingerprint density at radius 3 is 2.73 bits per heavy atom. The number of carbonyl (C=O) groups excluding carboxylic acids is 1. The number of H-pyrrole nitrogens is 1. The lowest BCUT2D eigenvalue weighted by Gasteiger charge is -2.09. The van der Waals surface area contributed by atoms with E-state index in [4.69, 9.17) is 4.74 Å². The summed E-state index contributed by atoms with van der Waals surface area (Å²) in [5, 5.41) is 3.77. The van der Waals surface area contributed by atoms with Crippen LogP contribution in [0.5, 0.6) is 5.75 Å². The highest BCUT2D eigenvalue weighted by atomic mass is 19.1. The largest absolute Gasteiger partial charge is 0.484 e. The maximum absolute atomic E-state index is 14.1. The minimum atomic E-state index is -0.263. The molecule has 4 aromatic rings. The summed E-state index contributed by atoms with van der Waals surface area (Å²) in [5.41, 5.74) is 4.45. The van der Waals surface area contributed by atoms with Crippen molar-refractivity contribution >= 4 is 16.8 Å². The van der Waals surface area contributed by atoms with Crippen LogP contribution < -0.4 is 10.1 Å². The molecule has 0 fully saturated rings. The van der Waals surface area contributed by atoms with Gasteiger partial charge in [-0.2, -0.15) is 0 Å². The third-order valence-corrected chi connectivity index (χ3v) is 5.14. The molecule has 7 heteroatoms. The summed E-state index contributed by atoms with van der Waals surface area (Å²) in [6.45, 7) is 4.27. The summed E-state index contributed by atoms with van der Waals surface area (Å²) in [4.78, 5) is 19.3. The first-order valence-electron chi connectivity index (χ1n) is 9.77. The number of hydrogen-bond acceptors (Lipinski definition) is 3. The fraction of sp³-hybridized carbons (Fsp3) is 0.217. The van der Waals surface area contributed by atoms with Gasteiger partial charge in [0.2, 0.25) is 0 Å². The Morgan fingerprint density at radius 1 is 1.20 bits per heavy atom. The van der Waals surface area contributed by atoms with Crippen molar-refractivity contribution in [3.8, 4) is 11.4 Å². The quantitative estimate of drug-likeness (QED) is 0.490. The predicted octanol–water partition coefficient (Wildman–Crippen LogP) is 3.85. The highest BCUT2D eigenvalue weighted by Gasteiger charge is 2.14. The zero-order chi connectivity index (χ0) is 21.1. The zero-order valence-electron chi connectivity index (χ0n) is 16.9. The van der Waals surface area contributed by atoms with E-state index in [0.717, 1.165) is 27.9 Å². The SMILES string of the molecule is Cc1[nH]c2c(F)ccc(C)c2c1CCNC(=O)COc1ccc(-n2ccnc2)cc1. The number of benzene rings is 2. The smallest absolute Gasteiger partial charge is 0.257 e. The number of hydrogen-bond donors (Lipinski definition) is 2. The Balaban J connectivity index is 1.30. The fourth-order valence-corrected chi connectivity index (χ4v) is 3.61. The summed E-state index contributed by atoms with van der Waals surface area (Å²) in [7, 11) is 0. The van der Waals surface area contributed by atoms with E-state index in [0.29, 0.717) is 24.2 Å². The lowest BCUT2D eigenvalue weighted by atomic mass is 10.0. The average molecular weight is 406 g/mol. The third kappa shape index (κ3) is 4.05. The van der Waals surface area contributed by atoms with Crippen molar-refractivity contribution in [3.63, 3.8) is 0 Å². The molecule has 154 valence electrons. The second-order valence-electron chi connectivity index (χ2n) is 7.20. The highest BCUT2D eigenvalue weighted by molar-refractivity contribution is 5.88. The van der Waals surface area contributed by atoms with Crippen LogP contribution in [0.25, 0.3) is 16.6 Å². The second kappa shape index (κ2) is 8.41. The van der Waals surface area contributed by atoms with Crippen molar-refractivity contribution < 1.29 is 13.9 Å². The Kier molecular flexibility index (Phi) is 5.52. The Bertz CT molecular complexity index is 1160. The van der Waals surface area contributed by atoms with Crippen LogP contribution in [0.1, 0.15) is 16.8 Å². The van der Waals surface area contributed by atoms with Gasteiger partial charge >= 0.3 is 0 Å². The molecule has 0 atom stereocenters. The predicted molar refractivity (Wildman–Crippen MR) is 114 cm³/mol. The van der Waals surface area contributed by atoms with Crippen molar-refractivity contribution in [3.05, 3.63) is 77.8 Å². The molecular formula is C23H23FN4O2. The molecule has 1 amide bonds. The summed E-state index contributed by atoms with van der Waals surface area (Å²) < 4.78 is 21.5. The van der Waals surface area contributed by atoms with Crippen molar-refractivity contribution in [2.24, 2.45) is 0 Å². The molecule has 0 saturated carbocycles. The topological polar surface area (TPSA) is 71.9 Å². The van der Waals surface area contributed by atoms with Gasteiger partial charge in [0.15, 0.2) is 6.61 Å². The van der Waals surface area contributed by atoms with E-state index in [9.17, 15) is 9.18 Å². The number of nitrogens with one attached hydrogen (secondary N) is 2. The van der Waals surface area contributed by atoms with Gasteiger partial charge in [0.05, 0.1) is 11.8 Å². The maximum Gasteiger partial charge on any atom is 0.257 e. The fourth-order valence-electron chi connectivity index (χ4n) is 3.61. The van der Waals surface area contributed by atoms with Crippen molar-refractivity contribution in [2.45, 2.75) is 20.3 Å². The van der Waals surface area contributed by atoms with Crippen molar-refractivity contribution in [1.29, 1.82) is 0 Å². The van der Waals surface area contributed by atoms with E-state index in [1.165, 1.54) is 6.07 Å². The lowest BCUT2D eigenvalue weighted by molar-refractivity contribution is -0.123. The first-order valence-corrected chi connectivity index (χ1v) is 9.77. The molecule has 0 aliphatic rings. The molecule has 0 saturated heterocycles. The van der Waals surface area contributed by atoms with E-state index in [1.807, 2.05) is 48.9 Å². The first-order chi connectivity index (χ1) is 14.5. The van der Waals surface area contributed by atoms with Gasteiger partial charge in [0.1, 0.15) is 11.6 Å². The van der Waals surface area contributed by atoms with E-state index in [-0.39, 0.29) is 18.3 Å². The number of carbonyl (C=O) groups is 1. The Morgan fingerprint density at radius 2 is 2.00 bits per heavy atom. The van der Waals surface area contributed by atoms with Gasteiger partial charge in [0.25, 0.3) is 5.91 Å². The van der Waals surface area contributed by atoms with E-state index >= 15 is 0 Å². The van der Waals surface area contributed by atoms with Crippen LogP contribution in [0.3, 0.4) is 0 Å². The van der Waals surface area contributed by atoms with Crippen LogP contribution in [0.4, 0.5) is 4.39 Å². The molecule has 0 unspecified atom stereocenters. The normalized spacial score (nSPS) is 11.0. The van der Waals surface area contributed by atoms with Crippen LogP contribution in [0.15, 0.2) is 55.1 Å². The van der Waals surface area contributed by atoms with Crippen molar-refractivity contribution in [1.82, 2.24) is 19.9 Å². The number of rotatable bonds is 7. The molecule has 0 aliphatic heterocycles. The van der Waals surface area contributed by atoms with Crippen LogP contribution >= 0.6 is 0 Å².